The van der Waals surface area contributed by atoms with E-state index in [1.807, 2.05) is 4.72 Å². The van der Waals surface area contributed by atoms with E-state index in [9.17, 15) is 13.2 Å². The van der Waals surface area contributed by atoms with Gasteiger partial charge in [0.15, 0.2) is 5.82 Å². The van der Waals surface area contributed by atoms with Crippen molar-refractivity contribution in [2.75, 3.05) is 6.61 Å². The Morgan fingerprint density at radius 1 is 1.17 bits per heavy atom. The predicted octanol–water partition coefficient (Wildman–Crippen LogP) is 3.17. The van der Waals surface area contributed by atoms with Crippen molar-refractivity contribution in [3.8, 4) is 11.7 Å². The quantitative estimate of drug-likeness (QED) is 0.406. The molecule has 2 heterocycles. The van der Waals surface area contributed by atoms with Crippen molar-refractivity contribution in [1.82, 2.24) is 19.5 Å². The maximum Gasteiger partial charge on any atom is 0.311 e. The van der Waals surface area contributed by atoms with Crippen molar-refractivity contribution in [3.05, 3.63) is 65.4 Å². The van der Waals surface area contributed by atoms with E-state index in [4.69, 9.17) is 16.3 Å². The van der Waals surface area contributed by atoms with Crippen LogP contribution in [0.15, 0.2) is 59.6 Å². The summed E-state index contributed by atoms with van der Waals surface area (Å²) in [6, 6.07) is 13.2. The highest BCUT2D eigenvalue weighted by Crippen LogP contribution is 2.18. The standard InChI is InChI=1S/C19H19ClN4O4SSi/c1-30(2)13-12-28-17-10-11-24(22-17)16-9-8-15(18(20)21-16)19(25)23-29(26,27)14-6-4-3-5-7-14/h3-11H,12-13H2,1-2H3/p+1. The number of ether oxygens (including phenoxy) is 1. The molecule has 0 saturated heterocycles. The molecule has 0 bridgehead atoms. The Morgan fingerprint density at radius 3 is 2.57 bits per heavy atom. The second-order valence-electron chi connectivity index (χ2n) is 6.66. The van der Waals surface area contributed by atoms with Crippen molar-refractivity contribution in [2.24, 2.45) is 0 Å². The Kier molecular flexibility index (Phi) is 6.90. The summed E-state index contributed by atoms with van der Waals surface area (Å²) in [5.74, 6) is -0.0378. The molecule has 0 atom stereocenters. The van der Waals surface area contributed by atoms with Crippen LogP contribution in [0.25, 0.3) is 5.82 Å². The molecule has 1 N–H and O–H groups in total. The third-order valence-corrected chi connectivity index (χ3v) is 6.85. The van der Waals surface area contributed by atoms with Gasteiger partial charge >= 0.3 is 8.80 Å². The van der Waals surface area contributed by atoms with Crippen molar-refractivity contribution in [1.29, 1.82) is 0 Å². The molecule has 0 spiro atoms. The van der Waals surface area contributed by atoms with Gasteiger partial charge in [-0.1, -0.05) is 29.8 Å². The number of rotatable bonds is 8. The van der Waals surface area contributed by atoms with Gasteiger partial charge in [-0.3, -0.25) is 4.79 Å². The lowest BCUT2D eigenvalue weighted by atomic mass is 10.3. The molecule has 8 nitrogen and oxygen atoms in total. The summed E-state index contributed by atoms with van der Waals surface area (Å²) in [6.07, 6.45) is 1.66. The lowest BCUT2D eigenvalue weighted by Gasteiger charge is -2.09. The average molecular weight is 464 g/mol. The minimum Gasteiger partial charge on any atom is -0.474 e. The van der Waals surface area contributed by atoms with Crippen LogP contribution in [0.3, 0.4) is 0 Å². The first-order valence-electron chi connectivity index (χ1n) is 9.03. The smallest absolute Gasteiger partial charge is 0.311 e. The van der Waals surface area contributed by atoms with Crippen molar-refractivity contribution >= 4 is 36.3 Å². The van der Waals surface area contributed by atoms with Gasteiger partial charge in [0.1, 0.15) is 17.8 Å². The Hall–Kier alpha value is -2.69. The molecule has 3 rings (SSSR count). The zero-order valence-corrected chi connectivity index (χ0v) is 18.9. The van der Waals surface area contributed by atoms with Crippen LogP contribution in [-0.2, 0) is 10.0 Å². The molecule has 0 aliphatic heterocycles. The zero-order valence-electron chi connectivity index (χ0n) is 16.4. The molecule has 0 unspecified atom stereocenters. The molecule has 1 amide bonds. The number of carbonyl (C=O) groups excluding carboxylic acids is 1. The number of hydrogen-bond acceptors (Lipinski definition) is 6. The predicted molar refractivity (Wildman–Crippen MR) is 115 cm³/mol. The zero-order chi connectivity index (χ0) is 21.7. The number of nitrogens with one attached hydrogen (secondary N) is 1. The molecule has 0 radical (unpaired) electrons. The molecule has 2 aromatic heterocycles. The van der Waals surface area contributed by atoms with Crippen LogP contribution in [0.5, 0.6) is 5.88 Å². The molecule has 3 aromatic rings. The van der Waals surface area contributed by atoms with Crippen LogP contribution in [-0.4, -0.2) is 44.5 Å². The van der Waals surface area contributed by atoms with Crippen LogP contribution in [0, 0.1) is 0 Å². The van der Waals surface area contributed by atoms with Gasteiger partial charge in [0.05, 0.1) is 23.6 Å². The van der Waals surface area contributed by atoms with E-state index < -0.39 is 15.9 Å². The van der Waals surface area contributed by atoms with Gasteiger partial charge in [0, 0.05) is 12.3 Å². The fraction of sp³-hybridized carbons (Fsp3) is 0.211. The largest absolute Gasteiger partial charge is 0.474 e. The maximum atomic E-state index is 12.4. The molecule has 30 heavy (non-hydrogen) atoms. The minimum atomic E-state index is -4.02. The van der Waals surface area contributed by atoms with E-state index in [1.165, 1.54) is 28.9 Å². The van der Waals surface area contributed by atoms with Crippen molar-refractivity contribution in [2.45, 2.75) is 24.0 Å². The molecule has 0 saturated carbocycles. The molecule has 156 valence electrons. The van der Waals surface area contributed by atoms with Gasteiger partial charge in [-0.2, -0.15) is 0 Å². The summed E-state index contributed by atoms with van der Waals surface area (Å²) in [6.45, 7) is 5.02. The number of halogens is 1. The molecule has 1 aromatic carbocycles. The van der Waals surface area contributed by atoms with E-state index in [0.717, 1.165) is 6.04 Å². The van der Waals surface area contributed by atoms with Gasteiger partial charge in [0.2, 0.25) is 5.88 Å². The average Bonchev–Trinajstić information content (AvgIpc) is 3.17. The monoisotopic (exact) mass is 463 g/mol. The van der Waals surface area contributed by atoms with Crippen molar-refractivity contribution < 1.29 is 17.9 Å². The number of sulfonamides is 1. The summed E-state index contributed by atoms with van der Waals surface area (Å²) in [7, 11) is -4.38. The number of aromatic nitrogens is 3. The Morgan fingerprint density at radius 2 is 1.90 bits per heavy atom. The first kappa shape index (κ1) is 22.0. The molecule has 0 fully saturated rings. The number of pyridine rings is 1. The summed E-state index contributed by atoms with van der Waals surface area (Å²) in [5.41, 5.74) is -0.0656. The third kappa shape index (κ3) is 5.46. The van der Waals surface area contributed by atoms with Gasteiger partial charge in [-0.15, -0.1) is 5.10 Å². The van der Waals surface area contributed by atoms with E-state index >= 15 is 0 Å². The molecule has 0 aliphatic rings. The van der Waals surface area contributed by atoms with Crippen LogP contribution < -0.4 is 9.46 Å². The Labute approximate surface area is 181 Å². The van der Waals surface area contributed by atoms with E-state index in [1.54, 1.807) is 30.5 Å². The highest BCUT2D eigenvalue weighted by atomic mass is 35.5. The number of nitrogens with zero attached hydrogens (tertiary/aromatic N) is 3. The minimum absolute atomic E-state index is 0.0254. The number of amides is 1. The van der Waals surface area contributed by atoms with Crippen LogP contribution in [0.4, 0.5) is 0 Å². The first-order valence-corrected chi connectivity index (χ1v) is 13.6. The van der Waals surface area contributed by atoms with Gasteiger partial charge in [-0.05, 0) is 24.3 Å². The van der Waals surface area contributed by atoms with Gasteiger partial charge in [0.25, 0.3) is 15.9 Å². The third-order valence-electron chi connectivity index (χ3n) is 4.01. The highest BCUT2D eigenvalue weighted by Gasteiger charge is 2.21. The Balaban J connectivity index is 1.72. The summed E-state index contributed by atoms with van der Waals surface area (Å²) in [5, 5.41) is 4.14. The normalized spacial score (nSPS) is 11.2. The van der Waals surface area contributed by atoms with E-state index in [2.05, 4.69) is 23.2 Å². The van der Waals surface area contributed by atoms with E-state index in [0.29, 0.717) is 18.3 Å². The molecular weight excluding hydrogens is 444 g/mol. The maximum absolute atomic E-state index is 12.4. The molecular formula is C19H20ClN4O4SSi+. The first-order chi connectivity index (χ1) is 14.3. The number of carbonyl (C=O) groups is 1. The highest BCUT2D eigenvalue weighted by molar-refractivity contribution is 7.90. The topological polar surface area (TPSA) is 103 Å². The second kappa shape index (κ2) is 9.41. The summed E-state index contributed by atoms with van der Waals surface area (Å²) in [4.78, 5) is 16.5. The fourth-order valence-electron chi connectivity index (χ4n) is 2.43. The SMILES string of the molecule is C[Si+](C)CCOc1ccn(-c2ccc(C(=O)NS(=O)(=O)c3ccccc3)c(Cl)n2)n1. The second-order valence-corrected chi connectivity index (χ2v) is 11.6. The Bertz CT molecular complexity index is 1140. The summed E-state index contributed by atoms with van der Waals surface area (Å²) >= 11 is 6.14. The lowest BCUT2D eigenvalue weighted by molar-refractivity contribution is 0.0981. The molecule has 0 aliphatic carbocycles. The van der Waals surface area contributed by atoms with Crippen LogP contribution in [0.1, 0.15) is 10.4 Å². The van der Waals surface area contributed by atoms with Crippen LogP contribution in [0.2, 0.25) is 24.3 Å². The number of benzene rings is 1. The van der Waals surface area contributed by atoms with Gasteiger partial charge in [-0.25, -0.2) is 22.8 Å². The molecule has 11 heteroatoms. The fourth-order valence-corrected chi connectivity index (χ4v) is 4.16. The van der Waals surface area contributed by atoms with Crippen LogP contribution >= 0.6 is 11.6 Å². The summed E-state index contributed by atoms with van der Waals surface area (Å²) < 4.78 is 33.7. The van der Waals surface area contributed by atoms with Crippen molar-refractivity contribution in [3.63, 3.8) is 0 Å². The lowest BCUT2D eigenvalue weighted by Crippen LogP contribution is -2.31. The van der Waals surface area contributed by atoms with Gasteiger partial charge < -0.3 is 4.74 Å². The van der Waals surface area contributed by atoms with E-state index in [-0.39, 0.29) is 24.4 Å². The number of hydrogen-bond donors (Lipinski definition) is 1.